The molecule has 1 rings (SSSR count). The van der Waals surface area contributed by atoms with Gasteiger partial charge in [0.2, 0.25) is 0 Å². The van der Waals surface area contributed by atoms with Crippen LogP contribution >= 0.6 is 0 Å². The van der Waals surface area contributed by atoms with Crippen molar-refractivity contribution in [1.82, 2.24) is 0 Å². The number of rotatable bonds is 2. The van der Waals surface area contributed by atoms with Crippen molar-refractivity contribution in [3.8, 4) is 0 Å². The molecule has 13 heavy (non-hydrogen) atoms. The predicted molar refractivity (Wildman–Crippen MR) is 37.5 cm³/mol. The van der Waals surface area contributed by atoms with Crippen molar-refractivity contribution in [1.29, 1.82) is 0 Å². The van der Waals surface area contributed by atoms with E-state index in [0.29, 0.717) is 6.29 Å². The second-order valence-corrected chi connectivity index (χ2v) is 4.58. The standard InChI is InChI=1S/C7H11O5.Re/c1-11-6-2-4(9)7(10)5(3-8)12-6;/h2-7,9-10H,1H3;. The third-order valence-corrected chi connectivity index (χ3v) is 3.60. The van der Waals surface area contributed by atoms with Crippen LogP contribution in [0.25, 0.3) is 0 Å². The zero-order chi connectivity index (χ0) is 10.0. The zero-order valence-corrected chi connectivity index (χ0v) is 9.68. The molecule has 5 unspecified atom stereocenters. The first kappa shape index (κ1) is 11.2. The molecule has 0 aliphatic carbocycles. The van der Waals surface area contributed by atoms with Gasteiger partial charge in [-0.25, -0.2) is 0 Å². The third-order valence-electron chi connectivity index (χ3n) is 1.93. The summed E-state index contributed by atoms with van der Waals surface area (Å²) in [5.74, 6) is 0. The van der Waals surface area contributed by atoms with Gasteiger partial charge in [-0.1, -0.05) is 0 Å². The molecule has 2 N–H and O–H groups in total. The van der Waals surface area contributed by atoms with Gasteiger partial charge in [-0.2, -0.15) is 0 Å². The first-order valence-electron chi connectivity index (χ1n) is 3.75. The molecule has 76 valence electrons. The molecular weight excluding hydrogens is 350 g/mol. The molecule has 5 nitrogen and oxygen atoms in total. The van der Waals surface area contributed by atoms with Crippen molar-refractivity contribution in [3.05, 3.63) is 0 Å². The van der Waals surface area contributed by atoms with E-state index in [2.05, 4.69) is 0 Å². The quantitative estimate of drug-likeness (QED) is 0.593. The van der Waals surface area contributed by atoms with Crippen molar-refractivity contribution in [3.63, 3.8) is 0 Å². The van der Waals surface area contributed by atoms with E-state index in [1.807, 2.05) is 0 Å². The fraction of sp³-hybridized carbons (Fsp3) is 0.857. The molecule has 6 heteroatoms. The van der Waals surface area contributed by atoms with Gasteiger partial charge in [0.1, 0.15) is 0 Å². The van der Waals surface area contributed by atoms with E-state index in [1.54, 1.807) is 0 Å². The van der Waals surface area contributed by atoms with Crippen molar-refractivity contribution < 1.29 is 43.7 Å². The maximum atomic E-state index is 10.4. The maximum absolute atomic E-state index is 10.4. The summed E-state index contributed by atoms with van der Waals surface area (Å²) in [5, 5.41) is 18.9. The van der Waals surface area contributed by atoms with Crippen LogP contribution in [0.3, 0.4) is 0 Å². The number of carbonyl (C=O) groups is 1. The van der Waals surface area contributed by atoms with Gasteiger partial charge >= 0.3 is 86.1 Å². The summed E-state index contributed by atoms with van der Waals surface area (Å²) < 4.78 is 9.71. The number of hydrogen-bond acceptors (Lipinski definition) is 5. The Morgan fingerprint density at radius 3 is 2.54 bits per heavy atom. The molecule has 5 atom stereocenters. The van der Waals surface area contributed by atoms with Crippen LogP contribution in [-0.2, 0) is 33.5 Å². The topological polar surface area (TPSA) is 76.0 Å². The summed E-state index contributed by atoms with van der Waals surface area (Å²) in [6, 6.07) is 0. The van der Waals surface area contributed by atoms with E-state index in [-0.39, 0.29) is 4.39 Å². The fourth-order valence-electron chi connectivity index (χ4n) is 1.15. The van der Waals surface area contributed by atoms with E-state index >= 15 is 0 Å². The Morgan fingerprint density at radius 2 is 2.08 bits per heavy atom. The Bertz CT molecular complexity index is 186. The Labute approximate surface area is 86.4 Å². The van der Waals surface area contributed by atoms with Gasteiger partial charge in [0, 0.05) is 0 Å². The molecule has 1 saturated heterocycles. The summed E-state index contributed by atoms with van der Waals surface area (Å²) in [5.41, 5.74) is 0. The van der Waals surface area contributed by atoms with Gasteiger partial charge in [0.15, 0.2) is 0 Å². The second kappa shape index (κ2) is 4.60. The first-order chi connectivity index (χ1) is 6.11. The van der Waals surface area contributed by atoms with E-state index in [1.165, 1.54) is 26.3 Å². The number of ether oxygens (including phenoxy) is 2. The molecule has 1 aliphatic heterocycles. The van der Waals surface area contributed by atoms with E-state index in [4.69, 9.17) is 9.47 Å². The van der Waals surface area contributed by atoms with Gasteiger partial charge in [-0.3, -0.25) is 0 Å². The molecule has 0 aromatic heterocycles. The van der Waals surface area contributed by atoms with Crippen LogP contribution in [0.5, 0.6) is 0 Å². The molecule has 0 bridgehead atoms. The van der Waals surface area contributed by atoms with Crippen molar-refractivity contribution in [2.24, 2.45) is 0 Å². The molecule has 1 aliphatic rings. The molecule has 0 aromatic rings. The summed E-state index contributed by atoms with van der Waals surface area (Å²) in [4.78, 5) is 10.4. The normalized spacial score (nSPS) is 46.0. The van der Waals surface area contributed by atoms with Gasteiger partial charge in [-0.15, -0.1) is 0 Å². The number of aliphatic hydroxyl groups excluding tert-OH is 2. The summed E-state index contributed by atoms with van der Waals surface area (Å²) in [6.45, 7) is 0. The Balaban J connectivity index is 2.71. The number of hydrogen-bond donors (Lipinski definition) is 2. The van der Waals surface area contributed by atoms with Crippen molar-refractivity contribution in [2.75, 3.05) is 7.11 Å². The molecule has 1 fully saturated rings. The fourth-order valence-corrected chi connectivity index (χ4v) is 2.27. The zero-order valence-electron chi connectivity index (χ0n) is 6.96. The van der Waals surface area contributed by atoms with Crippen LogP contribution < -0.4 is 0 Å². The monoisotopic (exact) mass is 362 g/mol. The van der Waals surface area contributed by atoms with Gasteiger partial charge in [-0.05, 0) is 0 Å². The molecule has 0 radical (unpaired) electrons. The Hall–Kier alpha value is 0.172. The van der Waals surface area contributed by atoms with Crippen LogP contribution in [0, 0.1) is 0 Å². The van der Waals surface area contributed by atoms with Gasteiger partial charge in [0.05, 0.1) is 0 Å². The summed E-state index contributed by atoms with van der Waals surface area (Å²) >= 11 is 1.26. The number of aldehydes is 1. The molecule has 0 aromatic carbocycles. The molecule has 0 amide bonds. The number of methoxy groups -OCH3 is 1. The molecule has 0 saturated carbocycles. The van der Waals surface area contributed by atoms with E-state index < -0.39 is 24.6 Å². The molecule has 0 spiro atoms. The Morgan fingerprint density at radius 1 is 1.46 bits per heavy atom. The minimum atomic E-state index is -1.15. The van der Waals surface area contributed by atoms with Crippen molar-refractivity contribution in [2.45, 2.75) is 29.0 Å². The second-order valence-electron chi connectivity index (χ2n) is 2.77. The van der Waals surface area contributed by atoms with Gasteiger partial charge in [0.25, 0.3) is 0 Å². The average molecular weight is 361 g/mol. The average Bonchev–Trinajstić information content (AvgIpc) is 2.15. The van der Waals surface area contributed by atoms with Crippen LogP contribution in [0.15, 0.2) is 0 Å². The predicted octanol–water partition coefficient (Wildman–Crippen LogP) is -1.39. The van der Waals surface area contributed by atoms with E-state index in [9.17, 15) is 15.0 Å². The number of aliphatic hydroxyl groups is 2. The van der Waals surface area contributed by atoms with Crippen LogP contribution in [0.4, 0.5) is 0 Å². The van der Waals surface area contributed by atoms with E-state index in [0.717, 1.165) is 0 Å². The summed E-state index contributed by atoms with van der Waals surface area (Å²) in [7, 11) is 1.43. The third kappa shape index (κ3) is 2.16. The van der Waals surface area contributed by atoms with Crippen LogP contribution in [-0.4, -0.2) is 48.2 Å². The van der Waals surface area contributed by atoms with Gasteiger partial charge < -0.3 is 0 Å². The SMILES string of the molecule is COC1OC(C=O)C(O)C(O)[CH]1[Re]. The number of carbonyl (C=O) groups excluding carboxylic acids is 1. The molecule has 1 heterocycles. The van der Waals surface area contributed by atoms with Crippen molar-refractivity contribution >= 4 is 6.29 Å². The minimum absolute atomic E-state index is 0.295. The Kier molecular flexibility index (Phi) is 3.98. The molecular formula is C7H11O5Re. The van der Waals surface area contributed by atoms with Crippen LogP contribution in [0.2, 0.25) is 4.39 Å². The van der Waals surface area contributed by atoms with Crippen LogP contribution in [0.1, 0.15) is 0 Å². The summed E-state index contributed by atoms with van der Waals surface area (Å²) in [6.07, 6.45) is -3.27. The first-order valence-corrected chi connectivity index (χ1v) is 5.32.